The van der Waals surface area contributed by atoms with Crippen LogP contribution in [0.5, 0.6) is 11.5 Å². The predicted molar refractivity (Wildman–Crippen MR) is 103 cm³/mol. The van der Waals surface area contributed by atoms with Crippen molar-refractivity contribution in [3.8, 4) is 17.6 Å². The fourth-order valence-electron chi connectivity index (χ4n) is 2.62. The van der Waals surface area contributed by atoms with Gasteiger partial charge in [0.2, 0.25) is 0 Å². The van der Waals surface area contributed by atoms with Gasteiger partial charge < -0.3 is 19.2 Å². The molecule has 0 aliphatic heterocycles. The fraction of sp³-hybridized carbons (Fsp3) is 0.143. The smallest absolute Gasteiger partial charge is 0.266 e. The van der Waals surface area contributed by atoms with Crippen LogP contribution >= 0.6 is 0 Å². The average molecular weight is 362 g/mol. The van der Waals surface area contributed by atoms with Gasteiger partial charge in [0.1, 0.15) is 23.2 Å². The van der Waals surface area contributed by atoms with E-state index < -0.39 is 5.91 Å². The van der Waals surface area contributed by atoms with Crippen LogP contribution in [-0.4, -0.2) is 19.6 Å². The number of nitrogens with zero attached hydrogens (tertiary/aromatic N) is 1. The number of fused-ring (bicyclic) bond motifs is 1. The highest BCUT2D eigenvalue weighted by molar-refractivity contribution is 6.10. The molecule has 3 rings (SSSR count). The number of benzene rings is 2. The zero-order chi connectivity index (χ0) is 19.2. The topological polar surface area (TPSA) is 84.5 Å². The Morgan fingerprint density at radius 3 is 2.74 bits per heavy atom. The standard InChI is InChI=1S/C21H18N2O4/c1-3-26-18-9-5-4-8-17(18)23-21(24)15(13-22)12-16-11-14-7-6-10-19(25-2)20(14)27-16/h4-12H,3H2,1-2H3,(H,23,24)/b15-12+. The summed E-state index contributed by atoms with van der Waals surface area (Å²) in [7, 11) is 1.55. The first kappa shape index (κ1) is 18.1. The maximum absolute atomic E-state index is 12.5. The van der Waals surface area contributed by atoms with Crippen LogP contribution in [-0.2, 0) is 4.79 Å². The first-order valence-electron chi connectivity index (χ1n) is 8.37. The number of furan rings is 1. The number of carbonyl (C=O) groups is 1. The third-order valence-electron chi connectivity index (χ3n) is 3.83. The number of methoxy groups -OCH3 is 1. The summed E-state index contributed by atoms with van der Waals surface area (Å²) in [6.45, 7) is 2.32. The SMILES string of the molecule is CCOc1ccccc1NC(=O)/C(C#N)=C/c1cc2cccc(OC)c2o1. The summed E-state index contributed by atoms with van der Waals surface area (Å²) in [5.74, 6) is 0.969. The van der Waals surface area contributed by atoms with E-state index in [9.17, 15) is 10.1 Å². The van der Waals surface area contributed by atoms with Gasteiger partial charge in [0, 0.05) is 11.5 Å². The summed E-state index contributed by atoms with van der Waals surface area (Å²) in [5, 5.41) is 12.9. The van der Waals surface area contributed by atoms with Crippen molar-refractivity contribution in [2.24, 2.45) is 0 Å². The Balaban J connectivity index is 1.89. The second-order valence-corrected chi connectivity index (χ2v) is 5.58. The summed E-state index contributed by atoms with van der Waals surface area (Å²) in [6.07, 6.45) is 1.40. The van der Waals surface area contributed by atoms with Crippen LogP contribution in [0.2, 0.25) is 0 Å². The first-order valence-corrected chi connectivity index (χ1v) is 8.37. The molecule has 0 fully saturated rings. The van der Waals surface area contributed by atoms with Gasteiger partial charge in [0.05, 0.1) is 19.4 Å². The van der Waals surface area contributed by atoms with Gasteiger partial charge in [-0.1, -0.05) is 24.3 Å². The molecule has 0 radical (unpaired) electrons. The highest BCUT2D eigenvalue weighted by Gasteiger charge is 2.14. The van der Waals surface area contributed by atoms with E-state index in [0.29, 0.717) is 35.1 Å². The van der Waals surface area contributed by atoms with Gasteiger partial charge in [-0.2, -0.15) is 5.26 Å². The Hall–Kier alpha value is -3.72. The molecule has 0 saturated carbocycles. The minimum atomic E-state index is -0.544. The van der Waals surface area contributed by atoms with E-state index in [-0.39, 0.29) is 5.57 Å². The molecule has 1 amide bonds. The zero-order valence-electron chi connectivity index (χ0n) is 15.0. The average Bonchev–Trinajstić information content (AvgIpc) is 3.10. The fourth-order valence-corrected chi connectivity index (χ4v) is 2.62. The Bertz CT molecular complexity index is 1040. The third kappa shape index (κ3) is 3.93. The van der Waals surface area contributed by atoms with Gasteiger partial charge in [-0.15, -0.1) is 0 Å². The molecule has 136 valence electrons. The molecule has 0 spiro atoms. The van der Waals surface area contributed by atoms with E-state index >= 15 is 0 Å². The third-order valence-corrected chi connectivity index (χ3v) is 3.83. The Kier molecular flexibility index (Phi) is 5.43. The second-order valence-electron chi connectivity index (χ2n) is 5.58. The molecular formula is C21H18N2O4. The molecule has 0 unspecified atom stereocenters. The normalized spacial score (nSPS) is 11.1. The van der Waals surface area contributed by atoms with Crippen molar-refractivity contribution >= 4 is 28.6 Å². The molecule has 6 nitrogen and oxygen atoms in total. The van der Waals surface area contributed by atoms with Gasteiger partial charge in [-0.3, -0.25) is 4.79 Å². The molecule has 0 aliphatic rings. The number of hydrogen-bond donors (Lipinski definition) is 1. The molecule has 0 bridgehead atoms. The van der Waals surface area contributed by atoms with Crippen molar-refractivity contribution in [1.82, 2.24) is 0 Å². The highest BCUT2D eigenvalue weighted by atomic mass is 16.5. The molecule has 1 aromatic heterocycles. The molecule has 0 atom stereocenters. The monoisotopic (exact) mass is 362 g/mol. The summed E-state index contributed by atoms with van der Waals surface area (Å²) in [5.41, 5.74) is 0.974. The zero-order valence-corrected chi connectivity index (χ0v) is 15.0. The van der Waals surface area contributed by atoms with Crippen molar-refractivity contribution in [2.45, 2.75) is 6.92 Å². The second kappa shape index (κ2) is 8.11. The van der Waals surface area contributed by atoms with E-state index in [0.717, 1.165) is 5.39 Å². The van der Waals surface area contributed by atoms with Crippen molar-refractivity contribution in [2.75, 3.05) is 19.0 Å². The lowest BCUT2D eigenvalue weighted by Crippen LogP contribution is -2.14. The van der Waals surface area contributed by atoms with Crippen molar-refractivity contribution in [3.05, 3.63) is 59.9 Å². The van der Waals surface area contributed by atoms with E-state index in [2.05, 4.69) is 5.32 Å². The molecule has 27 heavy (non-hydrogen) atoms. The molecule has 0 saturated heterocycles. The highest BCUT2D eigenvalue weighted by Crippen LogP contribution is 2.29. The number of carbonyl (C=O) groups excluding carboxylic acids is 1. The number of hydrogen-bond acceptors (Lipinski definition) is 5. The van der Waals surface area contributed by atoms with Crippen LogP contribution < -0.4 is 14.8 Å². The number of nitrogens with one attached hydrogen (secondary N) is 1. The van der Waals surface area contributed by atoms with Crippen LogP contribution in [0, 0.1) is 11.3 Å². The van der Waals surface area contributed by atoms with Crippen LogP contribution in [0.15, 0.2) is 58.5 Å². The number of rotatable bonds is 6. The summed E-state index contributed by atoms with van der Waals surface area (Å²) >= 11 is 0. The van der Waals surface area contributed by atoms with Crippen molar-refractivity contribution < 1.29 is 18.7 Å². The quantitative estimate of drug-likeness (QED) is 0.519. The van der Waals surface area contributed by atoms with E-state index in [4.69, 9.17) is 13.9 Å². The minimum absolute atomic E-state index is 0.0840. The van der Waals surface area contributed by atoms with E-state index in [1.807, 2.05) is 31.2 Å². The van der Waals surface area contributed by atoms with Gasteiger partial charge >= 0.3 is 0 Å². The number of ether oxygens (including phenoxy) is 2. The van der Waals surface area contributed by atoms with Crippen molar-refractivity contribution in [1.29, 1.82) is 5.26 Å². The maximum Gasteiger partial charge on any atom is 0.266 e. The number of para-hydroxylation sites is 3. The lowest BCUT2D eigenvalue weighted by atomic mass is 10.2. The molecule has 2 aromatic carbocycles. The largest absolute Gasteiger partial charge is 0.493 e. The van der Waals surface area contributed by atoms with Gasteiger partial charge in [0.25, 0.3) is 5.91 Å². The number of anilines is 1. The predicted octanol–water partition coefficient (Wildman–Crippen LogP) is 4.39. The minimum Gasteiger partial charge on any atom is -0.493 e. The molecule has 1 N–H and O–H groups in total. The van der Waals surface area contributed by atoms with Gasteiger partial charge in [-0.25, -0.2) is 0 Å². The Morgan fingerprint density at radius 1 is 1.22 bits per heavy atom. The van der Waals surface area contributed by atoms with Crippen LogP contribution in [0.4, 0.5) is 5.69 Å². The molecule has 1 heterocycles. The summed E-state index contributed by atoms with van der Waals surface area (Å²) in [4.78, 5) is 12.5. The molecule has 3 aromatic rings. The summed E-state index contributed by atoms with van der Waals surface area (Å²) in [6, 6.07) is 16.2. The maximum atomic E-state index is 12.5. The van der Waals surface area contributed by atoms with Crippen molar-refractivity contribution in [3.63, 3.8) is 0 Å². The van der Waals surface area contributed by atoms with Crippen LogP contribution in [0.25, 0.3) is 17.0 Å². The lowest BCUT2D eigenvalue weighted by molar-refractivity contribution is -0.112. The molecular weight excluding hydrogens is 344 g/mol. The molecule has 0 aliphatic carbocycles. The van der Waals surface area contributed by atoms with Crippen LogP contribution in [0.1, 0.15) is 12.7 Å². The number of nitriles is 1. The van der Waals surface area contributed by atoms with Crippen LogP contribution in [0.3, 0.4) is 0 Å². The Morgan fingerprint density at radius 2 is 2.00 bits per heavy atom. The molecule has 6 heteroatoms. The lowest BCUT2D eigenvalue weighted by Gasteiger charge is -2.10. The summed E-state index contributed by atoms with van der Waals surface area (Å²) < 4.78 is 16.5. The Labute approximate surface area is 156 Å². The van der Waals surface area contributed by atoms with E-state index in [1.54, 1.807) is 37.4 Å². The number of amides is 1. The first-order chi connectivity index (χ1) is 13.2. The van der Waals surface area contributed by atoms with Gasteiger partial charge in [0.15, 0.2) is 11.3 Å². The van der Waals surface area contributed by atoms with Gasteiger partial charge in [-0.05, 0) is 31.2 Å². The van der Waals surface area contributed by atoms with E-state index in [1.165, 1.54) is 6.08 Å².